The number of hydrogen-bond acceptors (Lipinski definition) is 3. The van der Waals surface area contributed by atoms with Crippen molar-refractivity contribution in [2.24, 2.45) is 0 Å². The van der Waals surface area contributed by atoms with Gasteiger partial charge in [0.1, 0.15) is 11.6 Å². The fourth-order valence-electron chi connectivity index (χ4n) is 2.69. The number of nitrogens with one attached hydrogen (secondary N) is 1. The van der Waals surface area contributed by atoms with Crippen LogP contribution in [-0.2, 0) is 0 Å². The van der Waals surface area contributed by atoms with Crippen LogP contribution in [-0.4, -0.2) is 17.2 Å². The molecule has 142 valence electrons. The zero-order valence-corrected chi connectivity index (χ0v) is 16.3. The first-order chi connectivity index (χ1) is 13.5. The third kappa shape index (κ3) is 4.53. The minimum atomic E-state index is -0.375. The monoisotopic (exact) mass is 395 g/mol. The molecule has 0 amide bonds. The van der Waals surface area contributed by atoms with Gasteiger partial charge < -0.3 is 15.2 Å². The molecule has 0 radical (unpaired) electrons. The number of aliphatic hydroxyl groups excluding tert-OH is 1. The molecule has 2 aromatic carbocycles. The largest absolute Gasteiger partial charge is 0.502 e. The van der Waals surface area contributed by atoms with Gasteiger partial charge in [0, 0.05) is 22.9 Å². The van der Waals surface area contributed by atoms with Gasteiger partial charge in [-0.3, -0.25) is 0 Å². The summed E-state index contributed by atoms with van der Waals surface area (Å²) in [7, 11) is 1.60. The van der Waals surface area contributed by atoms with Gasteiger partial charge >= 0.3 is 0 Å². The Balaban J connectivity index is 2.03. The van der Waals surface area contributed by atoms with Gasteiger partial charge in [0.15, 0.2) is 23.1 Å². The van der Waals surface area contributed by atoms with E-state index < -0.39 is 0 Å². The molecule has 0 aliphatic rings. The van der Waals surface area contributed by atoms with Crippen LogP contribution in [0.5, 0.6) is 5.75 Å². The van der Waals surface area contributed by atoms with E-state index in [1.807, 2.05) is 49.5 Å². The number of nitrogens with zero attached hydrogens (tertiary/aromatic N) is 1. The maximum atomic E-state index is 13.3. The number of methoxy groups -OCH3 is 1. The summed E-state index contributed by atoms with van der Waals surface area (Å²) in [5.74, 6) is 0.302. The molecule has 2 N–H and O–H groups in total. The van der Waals surface area contributed by atoms with Crippen LogP contribution in [0.3, 0.4) is 0 Å². The molecule has 0 aliphatic carbocycles. The second-order valence-electron chi connectivity index (χ2n) is 6.18. The number of benzene rings is 2. The zero-order chi connectivity index (χ0) is 20.1. The molecule has 0 aliphatic heterocycles. The van der Waals surface area contributed by atoms with Crippen molar-refractivity contribution < 1.29 is 18.8 Å². The third-order valence-corrected chi connectivity index (χ3v) is 4.41. The van der Waals surface area contributed by atoms with E-state index in [2.05, 4.69) is 5.32 Å². The maximum absolute atomic E-state index is 13.3. The van der Waals surface area contributed by atoms with Gasteiger partial charge in [-0.15, -0.1) is 0 Å². The summed E-state index contributed by atoms with van der Waals surface area (Å²) >= 11 is 5.59. The lowest BCUT2D eigenvalue weighted by atomic mass is 10.1. The Hall–Kier alpha value is -3.25. The highest BCUT2D eigenvalue weighted by atomic mass is 32.1. The first-order valence-corrected chi connectivity index (χ1v) is 9.01. The number of rotatable bonds is 5. The Morgan fingerprint density at radius 3 is 2.36 bits per heavy atom. The van der Waals surface area contributed by atoms with Crippen molar-refractivity contribution in [2.75, 3.05) is 12.4 Å². The van der Waals surface area contributed by atoms with Crippen molar-refractivity contribution in [3.8, 4) is 5.75 Å². The van der Waals surface area contributed by atoms with Gasteiger partial charge in [-0.25, -0.2) is 4.39 Å². The van der Waals surface area contributed by atoms with Crippen LogP contribution in [0.15, 0.2) is 73.1 Å². The molecule has 0 bridgehead atoms. The van der Waals surface area contributed by atoms with Crippen LogP contribution in [0, 0.1) is 12.7 Å². The van der Waals surface area contributed by atoms with E-state index >= 15 is 0 Å². The lowest BCUT2D eigenvalue weighted by Crippen LogP contribution is -2.38. The van der Waals surface area contributed by atoms with Crippen LogP contribution in [0.2, 0.25) is 0 Å². The maximum Gasteiger partial charge on any atom is 0.288 e. The lowest BCUT2D eigenvalue weighted by Gasteiger charge is -2.11. The van der Waals surface area contributed by atoms with Crippen LogP contribution in [0.4, 0.5) is 10.1 Å². The smallest absolute Gasteiger partial charge is 0.288 e. The molecule has 0 fully saturated rings. The number of hydrogen-bond donors (Lipinski definition) is 2. The molecule has 0 unspecified atom stereocenters. The quantitative estimate of drug-likeness (QED) is 0.283. The van der Waals surface area contributed by atoms with E-state index in [1.54, 1.807) is 17.9 Å². The first kappa shape index (κ1) is 19.5. The number of pyridine rings is 1. The highest BCUT2D eigenvalue weighted by Gasteiger charge is 2.24. The molecule has 0 saturated carbocycles. The van der Waals surface area contributed by atoms with Crippen molar-refractivity contribution in [3.63, 3.8) is 0 Å². The van der Waals surface area contributed by atoms with Gasteiger partial charge in [-0.1, -0.05) is 12.2 Å². The van der Waals surface area contributed by atoms with Crippen molar-refractivity contribution in [1.82, 2.24) is 0 Å². The number of aromatic nitrogens is 1. The van der Waals surface area contributed by atoms with Gasteiger partial charge in [0.25, 0.3) is 5.70 Å². The molecule has 28 heavy (non-hydrogen) atoms. The average Bonchev–Trinajstić information content (AvgIpc) is 2.69. The molecular weight excluding hydrogens is 375 g/mol. The summed E-state index contributed by atoms with van der Waals surface area (Å²) in [5, 5.41) is 14.1. The van der Waals surface area contributed by atoms with Crippen molar-refractivity contribution in [3.05, 3.63) is 90.0 Å². The SMILES string of the molecule is COc1ccc(NC(=S)/C(=C(/O)c2ccc(F)cc2)[n+]2cccc(C)c2)cc1. The first-order valence-electron chi connectivity index (χ1n) is 8.61. The summed E-state index contributed by atoms with van der Waals surface area (Å²) in [6.45, 7) is 1.95. The number of thiocarbonyl (C=S) groups is 1. The van der Waals surface area contributed by atoms with Crippen molar-refractivity contribution in [1.29, 1.82) is 0 Å². The Kier molecular flexibility index (Phi) is 6.01. The minimum Gasteiger partial charge on any atom is -0.502 e. The Labute approximate surface area is 168 Å². The average molecular weight is 395 g/mol. The van der Waals surface area contributed by atoms with Crippen molar-refractivity contribution >= 4 is 34.3 Å². The van der Waals surface area contributed by atoms with E-state index in [4.69, 9.17) is 17.0 Å². The van der Waals surface area contributed by atoms with E-state index in [0.29, 0.717) is 16.2 Å². The van der Waals surface area contributed by atoms with Crippen LogP contribution < -0.4 is 14.6 Å². The standard InChI is InChI=1S/C22H19FN2O2S/c1-15-4-3-13-25(14-15)20(21(26)16-5-7-17(23)8-6-16)22(28)24-18-9-11-19(27-2)12-10-18/h3-14H,1-2H3,(H-,24,26,28)/p+1. The summed E-state index contributed by atoms with van der Waals surface area (Å²) in [6.07, 6.45) is 3.65. The van der Waals surface area contributed by atoms with E-state index in [1.165, 1.54) is 24.3 Å². The molecule has 0 saturated heterocycles. The normalized spacial score (nSPS) is 11.5. The van der Waals surface area contributed by atoms with E-state index in [-0.39, 0.29) is 11.6 Å². The topological polar surface area (TPSA) is 45.4 Å². The zero-order valence-electron chi connectivity index (χ0n) is 15.5. The summed E-state index contributed by atoms with van der Waals surface area (Å²) in [5.41, 5.74) is 2.60. The number of anilines is 1. The second-order valence-corrected chi connectivity index (χ2v) is 6.58. The molecule has 3 aromatic rings. The predicted molar refractivity (Wildman–Crippen MR) is 113 cm³/mol. The summed E-state index contributed by atoms with van der Waals surface area (Å²) < 4.78 is 20.2. The van der Waals surface area contributed by atoms with Gasteiger partial charge in [0.2, 0.25) is 0 Å². The molecule has 0 atom stereocenters. The fourth-order valence-corrected chi connectivity index (χ4v) is 3.01. The summed E-state index contributed by atoms with van der Waals surface area (Å²) in [6, 6.07) is 16.7. The number of ether oxygens (including phenoxy) is 1. The highest BCUT2D eigenvalue weighted by molar-refractivity contribution is 7.81. The van der Waals surface area contributed by atoms with Gasteiger partial charge in [0.05, 0.1) is 7.11 Å². The second kappa shape index (κ2) is 8.63. The number of aliphatic hydroxyl groups is 1. The minimum absolute atomic E-state index is 0.0541. The molecular formula is C22H20FN2O2S+. The fraction of sp³-hybridized carbons (Fsp3) is 0.0909. The Bertz CT molecular complexity index is 1020. The molecule has 0 spiro atoms. The van der Waals surface area contributed by atoms with Crippen molar-refractivity contribution in [2.45, 2.75) is 6.92 Å². The lowest BCUT2D eigenvalue weighted by molar-refractivity contribution is -0.576. The van der Waals surface area contributed by atoms with Crippen LogP contribution in [0.1, 0.15) is 11.1 Å². The van der Waals surface area contributed by atoms with Gasteiger partial charge in [-0.05, 0) is 61.5 Å². The Morgan fingerprint density at radius 2 is 1.75 bits per heavy atom. The predicted octanol–water partition coefficient (Wildman–Crippen LogP) is 4.75. The number of halogens is 1. The van der Waals surface area contributed by atoms with Crippen LogP contribution in [0.25, 0.3) is 11.5 Å². The van der Waals surface area contributed by atoms with E-state index in [0.717, 1.165) is 17.0 Å². The Morgan fingerprint density at radius 1 is 1.07 bits per heavy atom. The molecule has 1 aromatic heterocycles. The number of aryl methyl sites for hydroxylation is 1. The van der Waals surface area contributed by atoms with Crippen LogP contribution >= 0.6 is 12.2 Å². The highest BCUT2D eigenvalue weighted by Crippen LogP contribution is 2.21. The summed E-state index contributed by atoms with van der Waals surface area (Å²) in [4.78, 5) is 0.322. The third-order valence-electron chi connectivity index (χ3n) is 4.11. The molecule has 4 nitrogen and oxygen atoms in total. The van der Waals surface area contributed by atoms with Gasteiger partial charge in [-0.2, -0.15) is 4.57 Å². The molecule has 6 heteroatoms. The molecule has 1 heterocycles. The van der Waals surface area contributed by atoms with E-state index in [9.17, 15) is 9.50 Å². The molecule has 3 rings (SSSR count).